The zero-order chi connectivity index (χ0) is 16.3. The van der Waals surface area contributed by atoms with Gasteiger partial charge >= 0.3 is 6.09 Å². The van der Waals surface area contributed by atoms with Gasteiger partial charge in [0, 0.05) is 31.9 Å². The van der Waals surface area contributed by atoms with E-state index in [1.807, 2.05) is 33.1 Å². The molecule has 0 radical (unpaired) electrons. The number of nitrogens with zero attached hydrogens (tertiary/aromatic N) is 4. The predicted molar refractivity (Wildman–Crippen MR) is 88.4 cm³/mol. The number of hydrogen-bond donors (Lipinski definition) is 0. The Hall–Kier alpha value is -1.50. The predicted octanol–water partition coefficient (Wildman–Crippen LogP) is 2.64. The number of carbonyl (C=O) groups excluding carboxylic acids is 1. The van der Waals surface area contributed by atoms with Crippen molar-refractivity contribution in [1.82, 2.24) is 14.9 Å². The van der Waals surface area contributed by atoms with Crippen LogP contribution in [0, 0.1) is 0 Å². The summed E-state index contributed by atoms with van der Waals surface area (Å²) in [5.41, 5.74) is -0.461. The van der Waals surface area contributed by atoms with Gasteiger partial charge in [0.25, 0.3) is 0 Å². The Morgan fingerprint density at radius 3 is 2.73 bits per heavy atom. The van der Waals surface area contributed by atoms with Crippen molar-refractivity contribution in [1.29, 1.82) is 0 Å². The summed E-state index contributed by atoms with van der Waals surface area (Å²) in [6.45, 7) is 9.76. The topological polar surface area (TPSA) is 58.6 Å². The Morgan fingerprint density at radius 1 is 1.41 bits per heavy atom. The molecule has 7 heteroatoms. The van der Waals surface area contributed by atoms with Crippen LogP contribution in [0.1, 0.15) is 27.7 Å². The maximum absolute atomic E-state index is 12.2. The maximum Gasteiger partial charge on any atom is 0.410 e. The van der Waals surface area contributed by atoms with Crippen LogP contribution in [0.3, 0.4) is 0 Å². The Balaban J connectivity index is 2.02. The minimum Gasteiger partial charge on any atom is -0.444 e. The molecule has 0 bridgehead atoms. The fourth-order valence-corrected chi connectivity index (χ4v) is 2.73. The van der Waals surface area contributed by atoms with E-state index in [0.717, 1.165) is 17.5 Å². The van der Waals surface area contributed by atoms with Crippen molar-refractivity contribution in [3.05, 3.63) is 12.3 Å². The summed E-state index contributed by atoms with van der Waals surface area (Å²) in [6.07, 6.45) is 3.50. The van der Waals surface area contributed by atoms with Crippen LogP contribution in [-0.4, -0.2) is 58.5 Å². The number of ether oxygens (including phenoxy) is 1. The van der Waals surface area contributed by atoms with E-state index in [4.69, 9.17) is 4.74 Å². The first-order chi connectivity index (χ1) is 10.3. The summed E-state index contributed by atoms with van der Waals surface area (Å²) in [5, 5.41) is 0.763. The third-order valence-electron chi connectivity index (χ3n) is 3.37. The molecule has 1 aliphatic heterocycles. The van der Waals surface area contributed by atoms with Gasteiger partial charge in [0.1, 0.15) is 11.4 Å². The fourth-order valence-electron chi connectivity index (χ4n) is 2.38. The molecule has 0 spiro atoms. The van der Waals surface area contributed by atoms with Crippen molar-refractivity contribution in [3.8, 4) is 0 Å². The molecular formula is C15H24N4O2S. The zero-order valence-corrected chi connectivity index (χ0v) is 14.7. The monoisotopic (exact) mass is 324 g/mol. The van der Waals surface area contributed by atoms with Crippen LogP contribution < -0.4 is 4.90 Å². The molecule has 1 atom stereocenters. The molecule has 0 aromatic carbocycles. The number of hydrogen-bond acceptors (Lipinski definition) is 6. The Kier molecular flexibility index (Phi) is 5.16. The van der Waals surface area contributed by atoms with E-state index in [9.17, 15) is 4.79 Å². The zero-order valence-electron chi connectivity index (χ0n) is 13.9. The Morgan fingerprint density at radius 2 is 2.14 bits per heavy atom. The van der Waals surface area contributed by atoms with Crippen LogP contribution in [0.5, 0.6) is 0 Å². The molecule has 2 heterocycles. The first-order valence-electron chi connectivity index (χ1n) is 7.42. The molecule has 1 aromatic rings. The number of thioether (sulfide) groups is 1. The molecule has 0 aliphatic carbocycles. The molecule has 122 valence electrons. The van der Waals surface area contributed by atoms with Crippen LogP contribution in [0.2, 0.25) is 0 Å². The molecule has 1 aromatic heterocycles. The van der Waals surface area contributed by atoms with E-state index in [1.54, 1.807) is 11.1 Å². The van der Waals surface area contributed by atoms with Crippen molar-refractivity contribution >= 4 is 23.7 Å². The van der Waals surface area contributed by atoms with Gasteiger partial charge < -0.3 is 14.5 Å². The van der Waals surface area contributed by atoms with Crippen LogP contribution in [0.15, 0.2) is 17.4 Å². The summed E-state index contributed by atoms with van der Waals surface area (Å²) in [4.78, 5) is 24.9. The van der Waals surface area contributed by atoms with Gasteiger partial charge in [0.2, 0.25) is 0 Å². The SMILES string of the molecule is CSc1nccc(N2CCN(C(=O)OC(C)(C)C)C[C@H]2C)n1. The molecule has 22 heavy (non-hydrogen) atoms. The maximum atomic E-state index is 12.2. The third kappa shape index (κ3) is 4.25. The van der Waals surface area contributed by atoms with Crippen molar-refractivity contribution < 1.29 is 9.53 Å². The van der Waals surface area contributed by atoms with Crippen LogP contribution in [0.25, 0.3) is 0 Å². The first kappa shape index (κ1) is 16.9. The summed E-state index contributed by atoms with van der Waals surface area (Å²) in [6, 6.07) is 2.10. The number of piperazine rings is 1. The number of amides is 1. The summed E-state index contributed by atoms with van der Waals surface area (Å²) >= 11 is 1.53. The second-order valence-electron chi connectivity index (χ2n) is 6.37. The van der Waals surface area contributed by atoms with Gasteiger partial charge in [-0.15, -0.1) is 0 Å². The second-order valence-corrected chi connectivity index (χ2v) is 7.14. The summed E-state index contributed by atoms with van der Waals surface area (Å²) < 4.78 is 5.44. The molecule has 0 saturated carbocycles. The molecule has 0 unspecified atom stereocenters. The molecule has 6 nitrogen and oxygen atoms in total. The number of carbonyl (C=O) groups is 1. The number of aromatic nitrogens is 2. The van der Waals surface area contributed by atoms with Gasteiger partial charge in [-0.3, -0.25) is 0 Å². The van der Waals surface area contributed by atoms with E-state index in [1.165, 1.54) is 11.8 Å². The molecule has 1 aliphatic rings. The van der Waals surface area contributed by atoms with Gasteiger partial charge in [-0.25, -0.2) is 14.8 Å². The highest BCUT2D eigenvalue weighted by atomic mass is 32.2. The standard InChI is InChI=1S/C15H24N4O2S/c1-11-10-18(14(20)21-15(2,3)4)8-9-19(11)12-6-7-16-13(17-12)22-5/h6-7,11H,8-10H2,1-5H3/t11-/m1/s1. The number of rotatable bonds is 2. The lowest BCUT2D eigenvalue weighted by atomic mass is 10.2. The van der Waals surface area contributed by atoms with Crippen molar-refractivity contribution in [2.75, 3.05) is 30.8 Å². The highest BCUT2D eigenvalue weighted by Gasteiger charge is 2.30. The van der Waals surface area contributed by atoms with Gasteiger partial charge in [-0.05, 0) is 40.0 Å². The number of anilines is 1. The van der Waals surface area contributed by atoms with Crippen molar-refractivity contribution in [2.24, 2.45) is 0 Å². The fraction of sp³-hybridized carbons (Fsp3) is 0.667. The third-order valence-corrected chi connectivity index (χ3v) is 3.94. The second kappa shape index (κ2) is 6.73. The lowest BCUT2D eigenvalue weighted by Gasteiger charge is -2.40. The van der Waals surface area contributed by atoms with E-state index in [2.05, 4.69) is 21.8 Å². The molecular weight excluding hydrogens is 300 g/mol. The Bertz CT molecular complexity index is 533. The average molecular weight is 324 g/mol. The van der Waals surface area contributed by atoms with Crippen molar-refractivity contribution in [2.45, 2.75) is 44.5 Å². The average Bonchev–Trinajstić information content (AvgIpc) is 2.45. The van der Waals surface area contributed by atoms with E-state index in [0.29, 0.717) is 13.1 Å². The first-order valence-corrected chi connectivity index (χ1v) is 8.64. The van der Waals surface area contributed by atoms with Gasteiger partial charge in [-0.2, -0.15) is 0 Å². The van der Waals surface area contributed by atoms with Gasteiger partial charge in [0.05, 0.1) is 0 Å². The van der Waals surface area contributed by atoms with Crippen LogP contribution in [-0.2, 0) is 4.74 Å². The van der Waals surface area contributed by atoms with Crippen LogP contribution in [0.4, 0.5) is 10.6 Å². The lowest BCUT2D eigenvalue weighted by molar-refractivity contribution is 0.0218. The molecule has 2 rings (SSSR count). The molecule has 1 saturated heterocycles. The largest absolute Gasteiger partial charge is 0.444 e. The van der Waals surface area contributed by atoms with E-state index >= 15 is 0 Å². The summed E-state index contributed by atoms with van der Waals surface area (Å²) in [5.74, 6) is 0.913. The smallest absolute Gasteiger partial charge is 0.410 e. The van der Waals surface area contributed by atoms with Crippen molar-refractivity contribution in [3.63, 3.8) is 0 Å². The van der Waals surface area contributed by atoms with Gasteiger partial charge in [0.15, 0.2) is 5.16 Å². The van der Waals surface area contributed by atoms with Gasteiger partial charge in [-0.1, -0.05) is 11.8 Å². The minimum atomic E-state index is -0.461. The lowest BCUT2D eigenvalue weighted by Crippen LogP contribution is -2.54. The highest BCUT2D eigenvalue weighted by molar-refractivity contribution is 7.98. The molecule has 0 N–H and O–H groups in total. The van der Waals surface area contributed by atoms with E-state index < -0.39 is 5.60 Å². The van der Waals surface area contributed by atoms with E-state index in [-0.39, 0.29) is 12.1 Å². The highest BCUT2D eigenvalue weighted by Crippen LogP contribution is 2.21. The van der Waals surface area contributed by atoms with Crippen LogP contribution >= 0.6 is 11.8 Å². The molecule has 1 amide bonds. The Labute approximate surface area is 136 Å². The quantitative estimate of drug-likeness (QED) is 0.616. The minimum absolute atomic E-state index is 0.186. The normalized spacial score (nSPS) is 19.2. The molecule has 1 fully saturated rings. The summed E-state index contributed by atoms with van der Waals surface area (Å²) in [7, 11) is 0.